The van der Waals surface area contributed by atoms with Gasteiger partial charge in [-0.3, -0.25) is 9.69 Å². The van der Waals surface area contributed by atoms with Gasteiger partial charge in [0.15, 0.2) is 6.61 Å². The van der Waals surface area contributed by atoms with Crippen LogP contribution in [-0.2, 0) is 16.0 Å². The molecule has 27 heavy (non-hydrogen) atoms. The van der Waals surface area contributed by atoms with Gasteiger partial charge in [-0.05, 0) is 48.4 Å². The molecule has 0 aromatic heterocycles. The molecule has 142 valence electrons. The molecule has 1 atom stereocenters. The van der Waals surface area contributed by atoms with Gasteiger partial charge in [0.05, 0.1) is 13.1 Å². The topological polar surface area (TPSA) is 67.9 Å². The highest BCUT2D eigenvalue weighted by molar-refractivity contribution is 6.30. The van der Waals surface area contributed by atoms with E-state index >= 15 is 0 Å². The normalized spacial score (nSPS) is 16.1. The van der Waals surface area contributed by atoms with Crippen LogP contribution >= 0.6 is 11.6 Å². The van der Waals surface area contributed by atoms with E-state index in [-0.39, 0.29) is 19.1 Å². The SMILES string of the molecule is CCc1ccc(N2CC(CNC(=O)COc3ccc(Cl)cc3)OC2=O)cc1. The third-order valence-electron chi connectivity index (χ3n) is 4.24. The third kappa shape index (κ3) is 5.14. The molecule has 0 saturated carbocycles. The van der Waals surface area contributed by atoms with E-state index in [9.17, 15) is 9.59 Å². The number of anilines is 1. The van der Waals surface area contributed by atoms with E-state index in [1.54, 1.807) is 29.2 Å². The number of ether oxygens (including phenoxy) is 2. The Morgan fingerprint density at radius 1 is 1.22 bits per heavy atom. The quantitative estimate of drug-likeness (QED) is 0.789. The first-order chi connectivity index (χ1) is 13.0. The fourth-order valence-electron chi connectivity index (χ4n) is 2.71. The van der Waals surface area contributed by atoms with Crippen LogP contribution in [0.4, 0.5) is 10.5 Å². The van der Waals surface area contributed by atoms with Crippen molar-refractivity contribution >= 4 is 29.3 Å². The van der Waals surface area contributed by atoms with Gasteiger partial charge < -0.3 is 14.8 Å². The summed E-state index contributed by atoms with van der Waals surface area (Å²) in [5.41, 5.74) is 1.99. The van der Waals surface area contributed by atoms with Crippen LogP contribution < -0.4 is 15.0 Å². The summed E-state index contributed by atoms with van der Waals surface area (Å²) in [6.07, 6.45) is 0.135. The highest BCUT2D eigenvalue weighted by atomic mass is 35.5. The van der Waals surface area contributed by atoms with Crippen molar-refractivity contribution in [2.45, 2.75) is 19.4 Å². The number of hydrogen-bond donors (Lipinski definition) is 1. The Morgan fingerprint density at radius 2 is 1.93 bits per heavy atom. The Balaban J connectivity index is 1.45. The molecule has 1 heterocycles. The lowest BCUT2D eigenvalue weighted by molar-refractivity contribution is -0.123. The molecule has 2 amide bonds. The summed E-state index contributed by atoms with van der Waals surface area (Å²) in [4.78, 5) is 25.6. The molecule has 1 N–H and O–H groups in total. The number of hydrogen-bond acceptors (Lipinski definition) is 4. The number of carbonyl (C=O) groups is 2. The second-order valence-corrected chi connectivity index (χ2v) is 6.62. The zero-order chi connectivity index (χ0) is 19.2. The molecule has 1 aliphatic heterocycles. The molecule has 2 aromatic carbocycles. The van der Waals surface area contributed by atoms with Crippen LogP contribution in [-0.4, -0.2) is 37.8 Å². The van der Waals surface area contributed by atoms with Crippen molar-refractivity contribution in [2.24, 2.45) is 0 Å². The highest BCUT2D eigenvalue weighted by Crippen LogP contribution is 2.22. The zero-order valence-corrected chi connectivity index (χ0v) is 15.7. The van der Waals surface area contributed by atoms with E-state index < -0.39 is 12.2 Å². The Labute approximate surface area is 163 Å². The summed E-state index contributed by atoms with van der Waals surface area (Å²) in [6.45, 7) is 2.58. The minimum absolute atomic E-state index is 0.121. The molecule has 6 nitrogen and oxygen atoms in total. The Hall–Kier alpha value is -2.73. The minimum Gasteiger partial charge on any atom is -0.484 e. The first-order valence-corrected chi connectivity index (χ1v) is 9.15. The molecule has 0 radical (unpaired) electrons. The average Bonchev–Trinajstić information content (AvgIpc) is 3.06. The van der Waals surface area contributed by atoms with Crippen molar-refractivity contribution < 1.29 is 19.1 Å². The fraction of sp³-hybridized carbons (Fsp3) is 0.300. The number of nitrogens with zero attached hydrogens (tertiary/aromatic N) is 1. The van der Waals surface area contributed by atoms with Crippen molar-refractivity contribution in [1.82, 2.24) is 5.32 Å². The molecule has 3 rings (SSSR count). The maximum absolute atomic E-state index is 12.1. The molecule has 7 heteroatoms. The van der Waals surface area contributed by atoms with Crippen LogP contribution in [0.5, 0.6) is 5.75 Å². The molecule has 1 aliphatic rings. The van der Waals surface area contributed by atoms with Gasteiger partial charge in [-0.25, -0.2) is 4.79 Å². The monoisotopic (exact) mass is 388 g/mol. The summed E-state index contributed by atoms with van der Waals surface area (Å²) < 4.78 is 10.7. The summed E-state index contributed by atoms with van der Waals surface area (Å²) in [6, 6.07) is 14.6. The van der Waals surface area contributed by atoms with Gasteiger partial charge >= 0.3 is 6.09 Å². The second kappa shape index (κ2) is 8.77. The van der Waals surface area contributed by atoms with E-state index in [1.165, 1.54) is 5.56 Å². The molecule has 0 bridgehead atoms. The predicted octanol–water partition coefficient (Wildman–Crippen LogP) is 3.42. The van der Waals surface area contributed by atoms with E-state index in [0.29, 0.717) is 17.3 Å². The van der Waals surface area contributed by atoms with Crippen LogP contribution in [0.2, 0.25) is 5.02 Å². The number of nitrogens with one attached hydrogen (secondary N) is 1. The van der Waals surface area contributed by atoms with E-state index in [1.807, 2.05) is 24.3 Å². The lowest BCUT2D eigenvalue weighted by atomic mass is 10.1. The van der Waals surface area contributed by atoms with Gasteiger partial charge in [0.1, 0.15) is 11.9 Å². The molecular weight excluding hydrogens is 368 g/mol. The number of rotatable bonds is 7. The number of carbonyl (C=O) groups excluding carboxylic acids is 2. The van der Waals surface area contributed by atoms with Crippen molar-refractivity contribution in [3.05, 3.63) is 59.1 Å². The number of aryl methyl sites for hydroxylation is 1. The van der Waals surface area contributed by atoms with Crippen LogP contribution in [0.1, 0.15) is 12.5 Å². The van der Waals surface area contributed by atoms with Gasteiger partial charge in [-0.15, -0.1) is 0 Å². The van der Waals surface area contributed by atoms with Gasteiger partial charge in [-0.1, -0.05) is 30.7 Å². The van der Waals surface area contributed by atoms with Gasteiger partial charge in [0, 0.05) is 10.7 Å². The molecule has 1 saturated heterocycles. The van der Waals surface area contributed by atoms with Crippen molar-refractivity contribution in [3.63, 3.8) is 0 Å². The number of cyclic esters (lactones) is 1. The van der Waals surface area contributed by atoms with Crippen LogP contribution in [0.15, 0.2) is 48.5 Å². The smallest absolute Gasteiger partial charge is 0.414 e. The second-order valence-electron chi connectivity index (χ2n) is 6.18. The summed E-state index contributed by atoms with van der Waals surface area (Å²) in [5.74, 6) is 0.273. The first kappa shape index (κ1) is 19.0. The van der Waals surface area contributed by atoms with Crippen LogP contribution in [0.25, 0.3) is 0 Å². The zero-order valence-electron chi connectivity index (χ0n) is 15.0. The number of benzene rings is 2. The molecule has 1 fully saturated rings. The van der Waals surface area contributed by atoms with Crippen LogP contribution in [0, 0.1) is 0 Å². The van der Waals surface area contributed by atoms with E-state index in [2.05, 4.69) is 12.2 Å². The van der Waals surface area contributed by atoms with Gasteiger partial charge in [0.2, 0.25) is 0 Å². The Morgan fingerprint density at radius 3 is 2.59 bits per heavy atom. The lowest BCUT2D eigenvalue weighted by Crippen LogP contribution is -2.37. The van der Waals surface area contributed by atoms with Crippen molar-refractivity contribution in [2.75, 3.05) is 24.6 Å². The van der Waals surface area contributed by atoms with Crippen LogP contribution in [0.3, 0.4) is 0 Å². The highest BCUT2D eigenvalue weighted by Gasteiger charge is 2.32. The third-order valence-corrected chi connectivity index (χ3v) is 4.49. The lowest BCUT2D eigenvalue weighted by Gasteiger charge is -2.13. The summed E-state index contributed by atoms with van der Waals surface area (Å²) in [5, 5.41) is 3.32. The molecule has 2 aromatic rings. The summed E-state index contributed by atoms with van der Waals surface area (Å²) in [7, 11) is 0. The van der Waals surface area contributed by atoms with Gasteiger partial charge in [-0.2, -0.15) is 0 Å². The number of halogens is 1. The van der Waals surface area contributed by atoms with Gasteiger partial charge in [0.25, 0.3) is 5.91 Å². The number of amides is 2. The Kier molecular flexibility index (Phi) is 6.19. The standard InChI is InChI=1S/C20H21ClN2O4/c1-2-14-3-7-16(8-4-14)23-12-18(27-20(23)25)11-22-19(24)13-26-17-9-5-15(21)6-10-17/h3-10,18H,2,11-13H2,1H3,(H,22,24). The molecule has 0 aliphatic carbocycles. The predicted molar refractivity (Wildman–Crippen MR) is 103 cm³/mol. The molecule has 1 unspecified atom stereocenters. The van der Waals surface area contributed by atoms with E-state index in [4.69, 9.17) is 21.1 Å². The van der Waals surface area contributed by atoms with E-state index in [0.717, 1.165) is 12.1 Å². The van der Waals surface area contributed by atoms with Crippen molar-refractivity contribution in [3.8, 4) is 5.75 Å². The fourth-order valence-corrected chi connectivity index (χ4v) is 2.83. The largest absolute Gasteiger partial charge is 0.484 e. The molecule has 0 spiro atoms. The Bertz CT molecular complexity index is 793. The first-order valence-electron chi connectivity index (χ1n) is 8.77. The maximum Gasteiger partial charge on any atom is 0.414 e. The summed E-state index contributed by atoms with van der Waals surface area (Å²) >= 11 is 5.80. The van der Waals surface area contributed by atoms with Crippen molar-refractivity contribution in [1.29, 1.82) is 0 Å². The minimum atomic E-state index is -0.407. The maximum atomic E-state index is 12.1. The molecular formula is C20H21ClN2O4. The average molecular weight is 389 g/mol.